The van der Waals surface area contributed by atoms with Crippen LogP contribution in [0, 0.1) is 6.92 Å². The lowest BCUT2D eigenvalue weighted by Gasteiger charge is -2.05. The Morgan fingerprint density at radius 1 is 1.12 bits per heavy atom. The molecule has 4 heteroatoms. The van der Waals surface area contributed by atoms with Crippen molar-refractivity contribution in [1.29, 1.82) is 0 Å². The van der Waals surface area contributed by atoms with E-state index in [0.29, 0.717) is 12.2 Å². The lowest BCUT2D eigenvalue weighted by atomic mass is 10.1. The summed E-state index contributed by atoms with van der Waals surface area (Å²) in [5, 5.41) is 7.13. The molecule has 0 unspecified atom stereocenters. The summed E-state index contributed by atoms with van der Waals surface area (Å²) in [5.74, 6) is -0.172. The lowest BCUT2D eigenvalue weighted by molar-refractivity contribution is -0.111. The van der Waals surface area contributed by atoms with Gasteiger partial charge in [0.1, 0.15) is 0 Å². The van der Waals surface area contributed by atoms with Crippen LogP contribution in [0.5, 0.6) is 0 Å². The smallest absolute Gasteiger partial charge is 0.248 e. The summed E-state index contributed by atoms with van der Waals surface area (Å²) in [5.41, 5.74) is 4.11. The van der Waals surface area contributed by atoms with Crippen LogP contribution in [0.3, 0.4) is 0 Å². The topological polar surface area (TPSA) is 46.9 Å². The Balaban J connectivity index is 1.61. The number of aromatic nitrogens is 2. The molecule has 2 aromatic carbocycles. The third-order valence-corrected chi connectivity index (χ3v) is 3.72. The van der Waals surface area contributed by atoms with Gasteiger partial charge in [-0.15, -0.1) is 0 Å². The van der Waals surface area contributed by atoms with Crippen LogP contribution in [0.15, 0.2) is 73.1 Å². The van der Waals surface area contributed by atoms with Gasteiger partial charge in [0.2, 0.25) is 5.91 Å². The van der Waals surface area contributed by atoms with E-state index in [2.05, 4.69) is 29.5 Å². The zero-order chi connectivity index (χ0) is 16.8. The zero-order valence-electron chi connectivity index (χ0n) is 13.5. The maximum Gasteiger partial charge on any atom is 0.248 e. The molecule has 120 valence electrons. The number of rotatable bonds is 5. The Hall–Kier alpha value is -3.14. The molecule has 0 saturated heterocycles. The fraction of sp³-hybridized carbons (Fsp3) is 0.100. The molecule has 1 heterocycles. The summed E-state index contributed by atoms with van der Waals surface area (Å²) in [7, 11) is 0. The average molecular weight is 317 g/mol. The molecular weight excluding hydrogens is 298 g/mol. The van der Waals surface area contributed by atoms with E-state index in [1.807, 2.05) is 53.3 Å². The first kappa shape index (κ1) is 15.7. The summed E-state index contributed by atoms with van der Waals surface area (Å²) in [6, 6.07) is 17.9. The summed E-state index contributed by atoms with van der Waals surface area (Å²) in [4.78, 5) is 12.0. The highest BCUT2D eigenvalue weighted by Crippen LogP contribution is 2.11. The van der Waals surface area contributed by atoms with Gasteiger partial charge in [-0.1, -0.05) is 54.6 Å². The molecule has 1 amide bonds. The van der Waals surface area contributed by atoms with Crippen LogP contribution in [0.25, 0.3) is 6.08 Å². The highest BCUT2D eigenvalue weighted by Gasteiger charge is 2.03. The molecule has 0 aliphatic heterocycles. The van der Waals surface area contributed by atoms with Crippen molar-refractivity contribution in [3.05, 3.63) is 89.8 Å². The second-order valence-corrected chi connectivity index (χ2v) is 5.59. The molecule has 0 atom stereocenters. The van der Waals surface area contributed by atoms with E-state index in [4.69, 9.17) is 0 Å². The number of hydrogen-bond acceptors (Lipinski definition) is 2. The molecule has 1 N–H and O–H groups in total. The second-order valence-electron chi connectivity index (χ2n) is 5.59. The first-order valence-electron chi connectivity index (χ1n) is 7.82. The second kappa shape index (κ2) is 7.42. The first-order chi connectivity index (χ1) is 11.7. The predicted octanol–water partition coefficient (Wildman–Crippen LogP) is 3.89. The molecule has 1 aromatic heterocycles. The van der Waals surface area contributed by atoms with Crippen molar-refractivity contribution >= 4 is 17.7 Å². The number of carbonyl (C=O) groups excluding carboxylic acids is 1. The maximum atomic E-state index is 12.0. The van der Waals surface area contributed by atoms with Crippen molar-refractivity contribution in [3.63, 3.8) is 0 Å². The number of hydrogen-bond donors (Lipinski definition) is 1. The molecule has 0 aliphatic carbocycles. The van der Waals surface area contributed by atoms with Crippen molar-refractivity contribution in [2.24, 2.45) is 0 Å². The molecule has 0 spiro atoms. The minimum absolute atomic E-state index is 0.172. The number of aryl methyl sites for hydroxylation is 1. The van der Waals surface area contributed by atoms with E-state index >= 15 is 0 Å². The van der Waals surface area contributed by atoms with E-state index in [1.165, 1.54) is 17.2 Å². The minimum atomic E-state index is -0.172. The maximum absolute atomic E-state index is 12.0. The van der Waals surface area contributed by atoms with Crippen LogP contribution in [0.1, 0.15) is 16.7 Å². The van der Waals surface area contributed by atoms with Crippen molar-refractivity contribution < 1.29 is 4.79 Å². The van der Waals surface area contributed by atoms with Crippen LogP contribution in [-0.4, -0.2) is 15.7 Å². The van der Waals surface area contributed by atoms with Gasteiger partial charge in [-0.2, -0.15) is 5.10 Å². The Kier molecular flexibility index (Phi) is 4.87. The number of carbonyl (C=O) groups is 1. The Morgan fingerprint density at radius 2 is 1.88 bits per heavy atom. The largest absolute Gasteiger partial charge is 0.320 e. The third kappa shape index (κ3) is 4.20. The summed E-state index contributed by atoms with van der Waals surface area (Å²) < 4.78 is 1.82. The summed E-state index contributed by atoms with van der Waals surface area (Å²) >= 11 is 0. The predicted molar refractivity (Wildman–Crippen MR) is 96.6 cm³/mol. The highest BCUT2D eigenvalue weighted by molar-refractivity contribution is 6.01. The quantitative estimate of drug-likeness (QED) is 0.726. The molecule has 0 fully saturated rings. The van der Waals surface area contributed by atoms with Crippen LogP contribution in [0.2, 0.25) is 0 Å². The monoisotopic (exact) mass is 317 g/mol. The van der Waals surface area contributed by atoms with Gasteiger partial charge in [-0.25, -0.2) is 0 Å². The molecule has 24 heavy (non-hydrogen) atoms. The molecular formula is C20H19N3O. The average Bonchev–Trinajstić information content (AvgIpc) is 3.03. The Morgan fingerprint density at radius 3 is 2.67 bits per heavy atom. The molecule has 0 saturated carbocycles. The van der Waals surface area contributed by atoms with Crippen molar-refractivity contribution in [2.75, 3.05) is 5.32 Å². The Bertz CT molecular complexity index is 850. The minimum Gasteiger partial charge on any atom is -0.320 e. The van der Waals surface area contributed by atoms with Crippen LogP contribution >= 0.6 is 0 Å². The van der Waals surface area contributed by atoms with Gasteiger partial charge >= 0.3 is 0 Å². The van der Waals surface area contributed by atoms with E-state index in [9.17, 15) is 4.79 Å². The van der Waals surface area contributed by atoms with E-state index in [1.54, 1.807) is 12.3 Å². The van der Waals surface area contributed by atoms with Gasteiger partial charge in [0.25, 0.3) is 0 Å². The van der Waals surface area contributed by atoms with E-state index < -0.39 is 0 Å². The standard InChI is InChI=1S/C20H19N3O/c1-16-7-5-6-10-18(16)14-23-15-19(13-21-23)22-20(24)12-11-17-8-3-2-4-9-17/h2-13,15H,14H2,1H3,(H,22,24)/b12-11+. The normalized spacial score (nSPS) is 10.9. The molecule has 3 rings (SSSR count). The lowest BCUT2D eigenvalue weighted by Crippen LogP contribution is -2.07. The van der Waals surface area contributed by atoms with Crippen molar-refractivity contribution in [2.45, 2.75) is 13.5 Å². The van der Waals surface area contributed by atoms with Gasteiger partial charge in [0, 0.05) is 12.3 Å². The van der Waals surface area contributed by atoms with Crippen molar-refractivity contribution in [1.82, 2.24) is 9.78 Å². The van der Waals surface area contributed by atoms with Crippen LogP contribution < -0.4 is 5.32 Å². The fourth-order valence-corrected chi connectivity index (χ4v) is 2.40. The Labute approximate surface area is 141 Å². The zero-order valence-corrected chi connectivity index (χ0v) is 13.5. The van der Waals surface area contributed by atoms with Gasteiger partial charge in [0.15, 0.2) is 0 Å². The summed E-state index contributed by atoms with van der Waals surface area (Å²) in [6.07, 6.45) is 6.80. The van der Waals surface area contributed by atoms with E-state index in [-0.39, 0.29) is 5.91 Å². The number of amides is 1. The number of nitrogens with one attached hydrogen (secondary N) is 1. The molecule has 0 bridgehead atoms. The summed E-state index contributed by atoms with van der Waals surface area (Å²) in [6.45, 7) is 2.76. The molecule has 0 radical (unpaired) electrons. The third-order valence-electron chi connectivity index (χ3n) is 3.72. The van der Waals surface area contributed by atoms with Gasteiger partial charge in [-0.3, -0.25) is 9.48 Å². The number of nitrogens with zero attached hydrogens (tertiary/aromatic N) is 2. The first-order valence-corrected chi connectivity index (χ1v) is 7.82. The number of benzene rings is 2. The number of anilines is 1. The molecule has 3 aromatic rings. The molecule has 4 nitrogen and oxygen atoms in total. The van der Waals surface area contributed by atoms with Crippen molar-refractivity contribution in [3.8, 4) is 0 Å². The van der Waals surface area contributed by atoms with Gasteiger partial charge in [0.05, 0.1) is 18.4 Å². The van der Waals surface area contributed by atoms with Crippen LogP contribution in [0.4, 0.5) is 5.69 Å². The van der Waals surface area contributed by atoms with Crippen LogP contribution in [-0.2, 0) is 11.3 Å². The highest BCUT2D eigenvalue weighted by atomic mass is 16.1. The van der Waals surface area contributed by atoms with Gasteiger partial charge in [-0.05, 0) is 29.7 Å². The fourth-order valence-electron chi connectivity index (χ4n) is 2.40. The SMILES string of the molecule is Cc1ccccc1Cn1cc(NC(=O)/C=C/c2ccccc2)cn1. The molecule has 0 aliphatic rings. The van der Waals surface area contributed by atoms with E-state index in [0.717, 1.165) is 5.56 Å². The van der Waals surface area contributed by atoms with Gasteiger partial charge < -0.3 is 5.32 Å².